The van der Waals surface area contributed by atoms with Gasteiger partial charge in [-0.05, 0) is 36.3 Å². The number of halogens is 2. The predicted octanol–water partition coefficient (Wildman–Crippen LogP) is 4.13. The van der Waals surface area contributed by atoms with Crippen molar-refractivity contribution in [1.82, 2.24) is 0 Å². The second kappa shape index (κ2) is 5.36. The normalized spacial score (nSPS) is 29.0. The minimum absolute atomic E-state index is 0.0707. The fraction of sp³-hybridized carbons (Fsp3) is 0.562. The molecule has 2 aliphatic carbocycles. The Kier molecular flexibility index (Phi) is 3.98. The Balaban J connectivity index is 1.90. The lowest BCUT2D eigenvalue weighted by molar-refractivity contribution is -0.128. The van der Waals surface area contributed by atoms with Gasteiger partial charge < -0.3 is 0 Å². The van der Waals surface area contributed by atoms with E-state index in [2.05, 4.69) is 4.72 Å². The number of Topliss-reactive ketones (excluding diaryl/α,β-unsaturated/α-hetero) is 1. The van der Waals surface area contributed by atoms with Crippen molar-refractivity contribution in [1.29, 1.82) is 0 Å². The summed E-state index contributed by atoms with van der Waals surface area (Å²) in [6.07, 6.45) is 2.03. The molecule has 1 N–H and O–H groups in total. The monoisotopic (exact) mass is 375 g/mol. The topological polar surface area (TPSA) is 63.2 Å². The van der Waals surface area contributed by atoms with Crippen molar-refractivity contribution in [3.05, 3.63) is 28.2 Å². The summed E-state index contributed by atoms with van der Waals surface area (Å²) in [6, 6.07) is 4.77. The van der Waals surface area contributed by atoms with Gasteiger partial charge in [-0.15, -0.1) is 0 Å². The molecule has 2 atom stereocenters. The number of carbonyl (C=O) groups is 1. The van der Waals surface area contributed by atoms with Crippen LogP contribution in [0.5, 0.6) is 0 Å². The number of carbonyl (C=O) groups excluding carboxylic acids is 1. The van der Waals surface area contributed by atoms with Crippen molar-refractivity contribution in [3.8, 4) is 0 Å². The summed E-state index contributed by atoms with van der Waals surface area (Å²) >= 11 is 12.0. The molecular formula is C16H19Cl2NO3S. The average molecular weight is 376 g/mol. The Labute approximate surface area is 146 Å². The average Bonchev–Trinajstić information content (AvgIpc) is 2.77. The molecule has 2 saturated carbocycles. The summed E-state index contributed by atoms with van der Waals surface area (Å²) in [7, 11) is -3.72. The largest absolute Gasteiger partial charge is 0.299 e. The van der Waals surface area contributed by atoms with Gasteiger partial charge in [-0.1, -0.05) is 43.1 Å². The maximum absolute atomic E-state index is 12.7. The van der Waals surface area contributed by atoms with E-state index in [1.807, 2.05) is 13.8 Å². The third-order valence-corrected chi connectivity index (χ3v) is 8.02. The van der Waals surface area contributed by atoms with E-state index in [0.29, 0.717) is 12.8 Å². The van der Waals surface area contributed by atoms with Gasteiger partial charge in [0.2, 0.25) is 10.0 Å². The quantitative estimate of drug-likeness (QED) is 0.860. The van der Waals surface area contributed by atoms with E-state index in [0.717, 1.165) is 6.42 Å². The maximum Gasteiger partial charge on any atom is 0.233 e. The molecule has 0 amide bonds. The highest BCUT2D eigenvalue weighted by molar-refractivity contribution is 7.92. The summed E-state index contributed by atoms with van der Waals surface area (Å²) in [4.78, 5) is 12.5. The number of benzene rings is 1. The van der Waals surface area contributed by atoms with Gasteiger partial charge >= 0.3 is 0 Å². The van der Waals surface area contributed by atoms with E-state index in [4.69, 9.17) is 23.2 Å². The van der Waals surface area contributed by atoms with Gasteiger partial charge in [-0.2, -0.15) is 0 Å². The lowest BCUT2D eigenvalue weighted by atomic mass is 9.70. The Morgan fingerprint density at radius 2 is 2.00 bits per heavy atom. The third-order valence-electron chi connectivity index (χ3n) is 5.79. The SMILES string of the molecule is CC1(C)[C@H]2CC[C@@]1(CS(=O)(=O)Nc1cccc(Cl)c1Cl)C(=O)C2. The standard InChI is InChI=1S/C16H19Cl2NO3S/c1-15(2)10-6-7-16(15,13(20)8-10)9-23(21,22)19-12-5-3-4-11(17)14(12)18/h3-5,10,19H,6-9H2,1-2H3/t10-,16+/m0/s1. The van der Waals surface area contributed by atoms with Gasteiger partial charge in [0.25, 0.3) is 0 Å². The van der Waals surface area contributed by atoms with Crippen LogP contribution in [0.3, 0.4) is 0 Å². The summed E-state index contributed by atoms with van der Waals surface area (Å²) in [5, 5.41) is 0.444. The van der Waals surface area contributed by atoms with Crippen LogP contribution in [0, 0.1) is 16.7 Å². The highest BCUT2D eigenvalue weighted by Gasteiger charge is 2.65. The van der Waals surface area contributed by atoms with Crippen molar-refractivity contribution in [3.63, 3.8) is 0 Å². The van der Waals surface area contributed by atoms with Gasteiger partial charge in [0, 0.05) is 6.42 Å². The molecule has 0 radical (unpaired) electrons. The van der Waals surface area contributed by atoms with Crippen LogP contribution in [0.1, 0.15) is 33.1 Å². The van der Waals surface area contributed by atoms with Gasteiger partial charge in [0.15, 0.2) is 0 Å². The first-order valence-electron chi connectivity index (χ1n) is 7.57. The van der Waals surface area contributed by atoms with Crippen molar-refractivity contribution in [2.24, 2.45) is 16.7 Å². The highest BCUT2D eigenvalue weighted by Crippen LogP contribution is 2.64. The molecule has 0 unspecified atom stereocenters. The highest BCUT2D eigenvalue weighted by atomic mass is 35.5. The number of ketones is 1. The maximum atomic E-state index is 12.7. The first kappa shape index (κ1) is 17.1. The summed E-state index contributed by atoms with van der Waals surface area (Å²) in [5.41, 5.74) is -0.848. The fourth-order valence-corrected chi connectivity index (χ4v) is 6.53. The van der Waals surface area contributed by atoms with Crippen molar-refractivity contribution >= 4 is 44.7 Å². The van der Waals surface area contributed by atoms with Gasteiger partial charge in [-0.25, -0.2) is 8.42 Å². The molecule has 2 bridgehead atoms. The lowest BCUT2D eigenvalue weighted by Crippen LogP contribution is -2.43. The Bertz CT molecular complexity index is 776. The molecule has 0 aliphatic heterocycles. The van der Waals surface area contributed by atoms with Crippen LogP contribution >= 0.6 is 23.2 Å². The zero-order chi connectivity index (χ0) is 17.0. The minimum atomic E-state index is -3.72. The fourth-order valence-electron chi connectivity index (χ4n) is 4.22. The van der Waals surface area contributed by atoms with Crippen molar-refractivity contribution in [2.45, 2.75) is 33.1 Å². The molecule has 0 saturated heterocycles. The Hall–Kier alpha value is -0.780. The molecule has 23 heavy (non-hydrogen) atoms. The molecule has 0 aromatic heterocycles. The minimum Gasteiger partial charge on any atom is -0.299 e. The van der Waals surface area contributed by atoms with Crippen LogP contribution < -0.4 is 4.72 Å². The molecule has 2 fully saturated rings. The van der Waals surface area contributed by atoms with Crippen LogP contribution in [0.4, 0.5) is 5.69 Å². The molecule has 3 rings (SSSR count). The molecule has 7 heteroatoms. The van der Waals surface area contributed by atoms with E-state index in [-0.39, 0.29) is 38.6 Å². The first-order valence-corrected chi connectivity index (χ1v) is 9.98. The van der Waals surface area contributed by atoms with E-state index in [1.165, 1.54) is 0 Å². The van der Waals surface area contributed by atoms with Gasteiger partial charge in [0.05, 0.1) is 26.9 Å². The molecule has 4 nitrogen and oxygen atoms in total. The zero-order valence-corrected chi connectivity index (χ0v) is 15.4. The number of hydrogen-bond acceptors (Lipinski definition) is 3. The number of sulfonamides is 1. The molecule has 0 heterocycles. The van der Waals surface area contributed by atoms with E-state index in [9.17, 15) is 13.2 Å². The van der Waals surface area contributed by atoms with E-state index < -0.39 is 15.4 Å². The number of nitrogens with one attached hydrogen (secondary N) is 1. The number of anilines is 1. The molecule has 0 spiro atoms. The molecule has 1 aromatic carbocycles. The van der Waals surface area contributed by atoms with Crippen LogP contribution in [0.25, 0.3) is 0 Å². The van der Waals surface area contributed by atoms with Crippen molar-refractivity contribution in [2.75, 3.05) is 10.5 Å². The van der Waals surface area contributed by atoms with Crippen molar-refractivity contribution < 1.29 is 13.2 Å². The molecule has 2 aliphatic rings. The van der Waals surface area contributed by atoms with Crippen LogP contribution in [-0.4, -0.2) is 20.0 Å². The van der Waals surface area contributed by atoms with Gasteiger partial charge in [0.1, 0.15) is 5.78 Å². The third kappa shape index (κ3) is 2.57. The second-order valence-electron chi connectivity index (χ2n) is 7.13. The lowest BCUT2D eigenvalue weighted by Gasteiger charge is -2.36. The predicted molar refractivity (Wildman–Crippen MR) is 92.4 cm³/mol. The number of fused-ring (bicyclic) bond motifs is 2. The smallest absolute Gasteiger partial charge is 0.233 e. The summed E-state index contributed by atoms with van der Waals surface area (Å²) < 4.78 is 27.8. The van der Waals surface area contributed by atoms with Gasteiger partial charge in [-0.3, -0.25) is 9.52 Å². The first-order chi connectivity index (χ1) is 10.6. The molecule has 126 valence electrons. The molecule has 1 aromatic rings. The summed E-state index contributed by atoms with van der Waals surface area (Å²) in [6.45, 7) is 4.02. The van der Waals surface area contributed by atoms with E-state index >= 15 is 0 Å². The molecular weight excluding hydrogens is 357 g/mol. The van der Waals surface area contributed by atoms with Crippen LogP contribution in [0.2, 0.25) is 10.0 Å². The Morgan fingerprint density at radius 1 is 1.30 bits per heavy atom. The summed E-state index contributed by atoms with van der Waals surface area (Å²) in [5.74, 6) is 0.145. The number of rotatable bonds is 4. The number of hydrogen-bond donors (Lipinski definition) is 1. The Morgan fingerprint density at radius 3 is 2.57 bits per heavy atom. The second-order valence-corrected chi connectivity index (χ2v) is 9.64. The van der Waals surface area contributed by atoms with Crippen LogP contribution in [0.15, 0.2) is 18.2 Å². The van der Waals surface area contributed by atoms with E-state index in [1.54, 1.807) is 18.2 Å². The zero-order valence-electron chi connectivity index (χ0n) is 13.0. The van der Waals surface area contributed by atoms with Crippen LogP contribution in [-0.2, 0) is 14.8 Å².